The molecule has 0 fully saturated rings. The lowest BCUT2D eigenvalue weighted by atomic mass is 10.3. The van der Waals surface area contributed by atoms with Crippen molar-refractivity contribution in [3.05, 3.63) is 21.9 Å². The van der Waals surface area contributed by atoms with E-state index in [9.17, 15) is 0 Å². The minimum Gasteiger partial charge on any atom is -0.356 e. The largest absolute Gasteiger partial charge is 0.356 e. The van der Waals surface area contributed by atoms with Gasteiger partial charge in [-0.2, -0.15) is 0 Å². The quantitative estimate of drug-likeness (QED) is 0.483. The zero-order valence-corrected chi connectivity index (χ0v) is 11.2. The van der Waals surface area contributed by atoms with Crippen molar-refractivity contribution in [3.63, 3.8) is 0 Å². The average molecular weight is 253 g/mol. The van der Waals surface area contributed by atoms with Crippen LogP contribution in [0.3, 0.4) is 0 Å². The molecule has 1 aromatic rings. The van der Waals surface area contributed by atoms with Crippen LogP contribution in [0.1, 0.15) is 9.75 Å². The summed E-state index contributed by atoms with van der Waals surface area (Å²) in [6.07, 6.45) is 0.901. The van der Waals surface area contributed by atoms with Crippen LogP contribution < -0.4 is 10.6 Å². The Balaban J connectivity index is 2.23. The number of guanidine groups is 2. The van der Waals surface area contributed by atoms with Crippen molar-refractivity contribution < 1.29 is 0 Å². The Kier molecular flexibility index (Phi) is 4.96. The third kappa shape index (κ3) is 4.86. The molecule has 0 unspecified atom stereocenters. The smallest absolute Gasteiger partial charge is 0.197 e. The minimum absolute atomic E-state index is 0.164. The molecular weight excluding hydrogens is 234 g/mol. The highest BCUT2D eigenvalue weighted by molar-refractivity contribution is 7.11. The van der Waals surface area contributed by atoms with E-state index in [1.165, 1.54) is 9.75 Å². The number of rotatable bonds is 3. The molecule has 0 aromatic carbocycles. The molecule has 1 rings (SSSR count). The Hall–Kier alpha value is -1.56. The molecule has 0 aliphatic rings. The molecule has 1 aromatic heterocycles. The highest BCUT2D eigenvalue weighted by Gasteiger charge is 2.02. The lowest BCUT2D eigenvalue weighted by Crippen LogP contribution is -2.45. The zero-order valence-electron chi connectivity index (χ0n) is 10.4. The van der Waals surface area contributed by atoms with Gasteiger partial charge in [0.2, 0.25) is 0 Å². The van der Waals surface area contributed by atoms with E-state index < -0.39 is 0 Å². The van der Waals surface area contributed by atoms with Gasteiger partial charge in [0, 0.05) is 30.4 Å². The van der Waals surface area contributed by atoms with Crippen LogP contribution in [-0.4, -0.2) is 37.5 Å². The van der Waals surface area contributed by atoms with E-state index in [2.05, 4.69) is 29.7 Å². The number of hydrogen-bond acceptors (Lipinski definition) is 3. The van der Waals surface area contributed by atoms with Crippen LogP contribution in [0.4, 0.5) is 0 Å². The molecule has 0 atom stereocenters. The first-order valence-corrected chi connectivity index (χ1v) is 6.21. The van der Waals surface area contributed by atoms with Crippen molar-refractivity contribution in [3.8, 4) is 0 Å². The van der Waals surface area contributed by atoms with Crippen LogP contribution in [-0.2, 0) is 6.42 Å². The van der Waals surface area contributed by atoms with Gasteiger partial charge in [-0.25, -0.2) is 0 Å². The number of nitrogens with zero attached hydrogens (tertiary/aromatic N) is 1. The third-order valence-electron chi connectivity index (χ3n) is 2.16. The molecule has 0 saturated heterocycles. The maximum atomic E-state index is 7.60. The van der Waals surface area contributed by atoms with Crippen LogP contribution in [0.25, 0.3) is 0 Å². The van der Waals surface area contributed by atoms with Crippen molar-refractivity contribution in [1.29, 1.82) is 10.8 Å². The zero-order chi connectivity index (χ0) is 12.8. The Morgan fingerprint density at radius 2 is 2.06 bits per heavy atom. The van der Waals surface area contributed by atoms with Crippen LogP contribution in [0.15, 0.2) is 12.1 Å². The van der Waals surface area contributed by atoms with Gasteiger partial charge in [0.1, 0.15) is 0 Å². The Bertz CT molecular complexity index is 396. The molecule has 6 heteroatoms. The van der Waals surface area contributed by atoms with Crippen molar-refractivity contribution in [2.75, 3.05) is 20.6 Å². The van der Waals surface area contributed by atoms with Gasteiger partial charge in [-0.3, -0.25) is 16.1 Å². The second-order valence-electron chi connectivity index (χ2n) is 3.93. The predicted molar refractivity (Wildman–Crippen MR) is 73.0 cm³/mol. The molecule has 94 valence electrons. The van der Waals surface area contributed by atoms with Crippen LogP contribution in [0, 0.1) is 17.7 Å². The molecule has 0 bridgehead atoms. The maximum absolute atomic E-state index is 7.60. The van der Waals surface area contributed by atoms with Gasteiger partial charge < -0.3 is 10.2 Å². The van der Waals surface area contributed by atoms with E-state index in [0.717, 1.165) is 6.42 Å². The van der Waals surface area contributed by atoms with Gasteiger partial charge in [0.05, 0.1) is 0 Å². The standard InChI is InChI=1S/C11H19N5S/c1-8-4-5-9(17-8)6-7-14-10(12)15-11(13)16(2)3/h4-5H,6-7H2,1-3H3,(H4,12,13,14,15). The topological polar surface area (TPSA) is 75.0 Å². The fraction of sp³-hybridized carbons (Fsp3) is 0.455. The Morgan fingerprint density at radius 1 is 1.35 bits per heavy atom. The summed E-state index contributed by atoms with van der Waals surface area (Å²) in [6, 6.07) is 4.21. The van der Waals surface area contributed by atoms with E-state index in [-0.39, 0.29) is 11.9 Å². The molecule has 1 heterocycles. The number of hydrogen-bond donors (Lipinski definition) is 4. The van der Waals surface area contributed by atoms with E-state index in [1.54, 1.807) is 30.3 Å². The molecule has 0 aliphatic heterocycles. The number of nitrogens with one attached hydrogen (secondary N) is 4. The van der Waals surface area contributed by atoms with E-state index >= 15 is 0 Å². The third-order valence-corrected chi connectivity index (χ3v) is 3.22. The van der Waals surface area contributed by atoms with Crippen molar-refractivity contribution in [2.45, 2.75) is 13.3 Å². The van der Waals surface area contributed by atoms with Gasteiger partial charge in [0.15, 0.2) is 11.9 Å². The van der Waals surface area contributed by atoms with Gasteiger partial charge >= 0.3 is 0 Å². The molecule has 0 spiro atoms. The molecule has 5 nitrogen and oxygen atoms in total. The summed E-state index contributed by atoms with van der Waals surface area (Å²) in [5.74, 6) is 0.367. The summed E-state index contributed by atoms with van der Waals surface area (Å²) in [7, 11) is 3.52. The molecule has 0 saturated carbocycles. The van der Waals surface area contributed by atoms with Crippen LogP contribution >= 0.6 is 11.3 Å². The fourth-order valence-electron chi connectivity index (χ4n) is 1.20. The normalized spacial score (nSPS) is 9.82. The van der Waals surface area contributed by atoms with Crippen molar-refractivity contribution in [1.82, 2.24) is 15.5 Å². The maximum Gasteiger partial charge on any atom is 0.197 e. The van der Waals surface area contributed by atoms with Gasteiger partial charge in [-0.1, -0.05) is 0 Å². The van der Waals surface area contributed by atoms with E-state index in [0.29, 0.717) is 6.54 Å². The molecule has 0 radical (unpaired) electrons. The monoisotopic (exact) mass is 253 g/mol. The number of aryl methyl sites for hydroxylation is 1. The van der Waals surface area contributed by atoms with Gasteiger partial charge in [-0.05, 0) is 25.5 Å². The fourth-order valence-corrected chi connectivity index (χ4v) is 2.09. The van der Waals surface area contributed by atoms with Gasteiger partial charge in [-0.15, -0.1) is 11.3 Å². The first kappa shape index (κ1) is 13.5. The van der Waals surface area contributed by atoms with Crippen molar-refractivity contribution >= 4 is 23.3 Å². The summed E-state index contributed by atoms with van der Waals surface area (Å²) >= 11 is 1.78. The molecule has 17 heavy (non-hydrogen) atoms. The summed E-state index contributed by atoms with van der Waals surface area (Å²) in [6.45, 7) is 2.79. The molecule has 0 aliphatic carbocycles. The SMILES string of the molecule is Cc1ccc(CCNC(=N)NC(=N)N(C)C)s1. The average Bonchev–Trinajstić information content (AvgIpc) is 2.64. The lowest BCUT2D eigenvalue weighted by molar-refractivity contribution is 0.597. The predicted octanol–water partition coefficient (Wildman–Crippen LogP) is 1.21. The number of thiophene rings is 1. The van der Waals surface area contributed by atoms with Crippen LogP contribution in [0.5, 0.6) is 0 Å². The van der Waals surface area contributed by atoms with E-state index in [4.69, 9.17) is 10.8 Å². The summed E-state index contributed by atoms with van der Waals surface area (Å²) in [5, 5.41) is 20.7. The minimum atomic E-state index is 0.164. The summed E-state index contributed by atoms with van der Waals surface area (Å²) in [5.41, 5.74) is 0. The summed E-state index contributed by atoms with van der Waals surface area (Å²) in [4.78, 5) is 4.23. The Labute approximate surface area is 106 Å². The molecule has 0 amide bonds. The highest BCUT2D eigenvalue weighted by atomic mass is 32.1. The second-order valence-corrected chi connectivity index (χ2v) is 5.30. The van der Waals surface area contributed by atoms with E-state index in [1.807, 2.05) is 0 Å². The Morgan fingerprint density at radius 3 is 2.59 bits per heavy atom. The van der Waals surface area contributed by atoms with Crippen LogP contribution in [0.2, 0.25) is 0 Å². The first-order chi connectivity index (χ1) is 7.99. The first-order valence-electron chi connectivity index (χ1n) is 5.39. The highest BCUT2D eigenvalue weighted by Crippen LogP contribution is 2.14. The molecular formula is C11H19N5S. The van der Waals surface area contributed by atoms with Crippen molar-refractivity contribution in [2.24, 2.45) is 0 Å². The summed E-state index contributed by atoms with van der Waals surface area (Å²) < 4.78 is 0. The second kappa shape index (κ2) is 6.24. The van der Waals surface area contributed by atoms with Gasteiger partial charge in [0.25, 0.3) is 0 Å². The lowest BCUT2D eigenvalue weighted by Gasteiger charge is -2.16. The molecule has 4 N–H and O–H groups in total.